The van der Waals surface area contributed by atoms with Crippen molar-refractivity contribution in [3.8, 4) is 40.1 Å². The maximum atomic E-state index is 13.5. The highest BCUT2D eigenvalue weighted by atomic mass is 16.7. The highest BCUT2D eigenvalue weighted by Crippen LogP contribution is 2.44. The molecule has 1 fully saturated rings. The van der Waals surface area contributed by atoms with E-state index in [-0.39, 0.29) is 34.0 Å². The Bertz CT molecular complexity index is 1250. The predicted octanol–water partition coefficient (Wildman–Crippen LogP) is 1.09. The Kier molecular flexibility index (Phi) is 6.28. The van der Waals surface area contributed by atoms with Crippen LogP contribution in [0, 0.1) is 0 Å². The fraction of sp³-hybridized carbons (Fsp3) is 0.348. The molecule has 4 rings (SSSR count). The first kappa shape index (κ1) is 23.6. The van der Waals surface area contributed by atoms with Crippen molar-refractivity contribution in [1.82, 2.24) is 0 Å². The number of benzene rings is 2. The third-order valence-corrected chi connectivity index (χ3v) is 5.63. The van der Waals surface area contributed by atoms with Crippen molar-refractivity contribution in [3.63, 3.8) is 0 Å². The SMILES string of the molecule is COc1cc2oc(-c3ccc(O)cc3)c(O[C@@H]3O[C@@H](C)[C@H](O)[C@@H](O)[C@H]3O)c(=O)c2c(O)c1OC. The summed E-state index contributed by atoms with van der Waals surface area (Å²) in [6.07, 6.45) is -7.15. The topological polar surface area (TPSA) is 168 Å². The van der Waals surface area contributed by atoms with E-state index >= 15 is 0 Å². The first-order valence-electron chi connectivity index (χ1n) is 10.3. The van der Waals surface area contributed by atoms with Gasteiger partial charge >= 0.3 is 0 Å². The van der Waals surface area contributed by atoms with Gasteiger partial charge in [-0.2, -0.15) is 0 Å². The molecule has 3 aromatic rings. The number of hydrogen-bond donors (Lipinski definition) is 5. The third-order valence-electron chi connectivity index (χ3n) is 5.63. The first-order chi connectivity index (χ1) is 16.2. The minimum Gasteiger partial charge on any atom is -0.508 e. The number of methoxy groups -OCH3 is 2. The van der Waals surface area contributed by atoms with Crippen LogP contribution < -0.4 is 19.6 Å². The van der Waals surface area contributed by atoms with Gasteiger partial charge in [-0.3, -0.25) is 4.79 Å². The van der Waals surface area contributed by atoms with Crippen LogP contribution in [0.2, 0.25) is 0 Å². The largest absolute Gasteiger partial charge is 0.508 e. The maximum Gasteiger partial charge on any atom is 0.239 e. The van der Waals surface area contributed by atoms with E-state index in [4.69, 9.17) is 23.4 Å². The summed E-state index contributed by atoms with van der Waals surface area (Å²) >= 11 is 0. The number of phenolic OH excluding ortho intramolecular Hbond substituents is 2. The van der Waals surface area contributed by atoms with Crippen LogP contribution in [0.3, 0.4) is 0 Å². The van der Waals surface area contributed by atoms with Crippen LogP contribution in [0.5, 0.6) is 28.7 Å². The molecule has 2 heterocycles. The number of phenols is 2. The second-order valence-electron chi connectivity index (χ2n) is 7.77. The quantitative estimate of drug-likeness (QED) is 0.357. The highest BCUT2D eigenvalue weighted by Gasteiger charge is 2.44. The first-order valence-corrected chi connectivity index (χ1v) is 10.3. The summed E-state index contributed by atoms with van der Waals surface area (Å²) in [5, 5.41) is 50.6. The van der Waals surface area contributed by atoms with Crippen molar-refractivity contribution in [2.45, 2.75) is 37.6 Å². The van der Waals surface area contributed by atoms with Gasteiger partial charge in [-0.1, -0.05) is 0 Å². The van der Waals surface area contributed by atoms with Crippen LogP contribution >= 0.6 is 0 Å². The Morgan fingerprint density at radius 2 is 1.59 bits per heavy atom. The van der Waals surface area contributed by atoms with E-state index in [2.05, 4.69) is 0 Å². The Balaban J connectivity index is 1.95. The number of ether oxygens (including phenoxy) is 4. The number of aliphatic hydroxyl groups excluding tert-OH is 3. The zero-order chi connectivity index (χ0) is 24.7. The minimum atomic E-state index is -1.70. The molecule has 0 amide bonds. The standard InChI is InChI=1S/C23H24O11/c1-9-15(25)18(28)19(29)23(32-9)34-22-17(27)14-12(8-13(30-2)21(31-3)16(14)26)33-20(22)10-4-6-11(24)7-5-10/h4-9,15,18-19,23-26,28-29H,1-3H3/t9-,15-,18+,19+,23-/m0/s1. The molecule has 182 valence electrons. The van der Waals surface area contributed by atoms with Crippen LogP contribution in [0.1, 0.15) is 6.92 Å². The van der Waals surface area contributed by atoms with Gasteiger partial charge < -0.3 is 48.9 Å². The van der Waals surface area contributed by atoms with E-state index in [9.17, 15) is 30.3 Å². The molecule has 0 aliphatic carbocycles. The van der Waals surface area contributed by atoms with Crippen LogP contribution in [0.25, 0.3) is 22.3 Å². The average molecular weight is 476 g/mol. The lowest BCUT2D eigenvalue weighted by molar-refractivity contribution is -0.268. The molecule has 5 N–H and O–H groups in total. The lowest BCUT2D eigenvalue weighted by Gasteiger charge is -2.38. The van der Waals surface area contributed by atoms with E-state index in [0.717, 1.165) is 0 Å². The molecule has 0 spiro atoms. The second-order valence-corrected chi connectivity index (χ2v) is 7.77. The number of aromatic hydroxyl groups is 2. The van der Waals surface area contributed by atoms with Crippen LogP contribution in [0.4, 0.5) is 0 Å². The Morgan fingerprint density at radius 3 is 2.21 bits per heavy atom. The van der Waals surface area contributed by atoms with Crippen molar-refractivity contribution in [2.75, 3.05) is 14.2 Å². The molecule has 1 aliphatic heterocycles. The molecule has 5 atom stereocenters. The molecular formula is C23H24O11. The monoisotopic (exact) mass is 476 g/mol. The minimum absolute atomic E-state index is 0.0321. The van der Waals surface area contributed by atoms with Gasteiger partial charge in [0.25, 0.3) is 0 Å². The zero-order valence-corrected chi connectivity index (χ0v) is 18.5. The van der Waals surface area contributed by atoms with E-state index in [1.54, 1.807) is 0 Å². The summed E-state index contributed by atoms with van der Waals surface area (Å²) in [4.78, 5) is 13.5. The number of fused-ring (bicyclic) bond motifs is 1. The molecule has 0 radical (unpaired) electrons. The van der Waals surface area contributed by atoms with Crippen LogP contribution in [-0.2, 0) is 4.74 Å². The van der Waals surface area contributed by atoms with Crippen LogP contribution in [-0.4, -0.2) is 70.5 Å². The Labute approximate surface area is 192 Å². The Hall–Kier alpha value is -3.51. The predicted molar refractivity (Wildman–Crippen MR) is 117 cm³/mol. The molecule has 2 aromatic carbocycles. The van der Waals surface area contributed by atoms with Gasteiger partial charge in [0.05, 0.1) is 20.3 Å². The fourth-order valence-electron chi connectivity index (χ4n) is 3.76. The summed E-state index contributed by atoms with van der Waals surface area (Å²) in [5.41, 5.74) is -0.559. The molecular weight excluding hydrogens is 452 g/mol. The highest BCUT2D eigenvalue weighted by molar-refractivity contribution is 5.91. The Morgan fingerprint density at radius 1 is 0.912 bits per heavy atom. The van der Waals surface area contributed by atoms with Gasteiger partial charge in [0, 0.05) is 11.6 Å². The molecule has 1 saturated heterocycles. The van der Waals surface area contributed by atoms with Crippen LogP contribution in [0.15, 0.2) is 39.5 Å². The normalized spacial score (nSPS) is 24.7. The van der Waals surface area contributed by atoms with E-state index in [1.165, 1.54) is 51.5 Å². The molecule has 34 heavy (non-hydrogen) atoms. The van der Waals surface area contributed by atoms with Gasteiger partial charge in [-0.15, -0.1) is 0 Å². The van der Waals surface area contributed by atoms with Crippen molar-refractivity contribution in [2.24, 2.45) is 0 Å². The van der Waals surface area contributed by atoms with Gasteiger partial charge in [0.1, 0.15) is 35.0 Å². The number of hydrogen-bond acceptors (Lipinski definition) is 11. The van der Waals surface area contributed by atoms with Crippen molar-refractivity contribution in [1.29, 1.82) is 0 Å². The summed E-state index contributed by atoms with van der Waals surface area (Å²) < 4.78 is 27.5. The second kappa shape index (κ2) is 9.03. The van der Waals surface area contributed by atoms with Gasteiger partial charge in [0.2, 0.25) is 23.2 Å². The number of aliphatic hydroxyl groups is 3. The summed E-state index contributed by atoms with van der Waals surface area (Å²) in [5.74, 6) is -1.13. The van der Waals surface area contributed by atoms with E-state index < -0.39 is 47.6 Å². The van der Waals surface area contributed by atoms with E-state index in [0.29, 0.717) is 5.56 Å². The van der Waals surface area contributed by atoms with Crippen molar-refractivity contribution >= 4 is 11.0 Å². The van der Waals surface area contributed by atoms with Gasteiger partial charge in [-0.25, -0.2) is 0 Å². The smallest absolute Gasteiger partial charge is 0.239 e. The molecule has 11 heteroatoms. The van der Waals surface area contributed by atoms with E-state index in [1.807, 2.05) is 0 Å². The lowest BCUT2D eigenvalue weighted by atomic mass is 10.00. The van der Waals surface area contributed by atoms with Gasteiger partial charge in [0.15, 0.2) is 17.3 Å². The summed E-state index contributed by atoms with van der Waals surface area (Å²) in [6.45, 7) is 1.46. The third kappa shape index (κ3) is 3.88. The summed E-state index contributed by atoms with van der Waals surface area (Å²) in [7, 11) is 2.63. The van der Waals surface area contributed by atoms with Gasteiger partial charge in [-0.05, 0) is 31.2 Å². The molecule has 1 aliphatic rings. The fourth-order valence-corrected chi connectivity index (χ4v) is 3.76. The zero-order valence-electron chi connectivity index (χ0n) is 18.5. The molecule has 0 unspecified atom stereocenters. The number of rotatable bonds is 5. The average Bonchev–Trinajstić information content (AvgIpc) is 2.82. The van der Waals surface area contributed by atoms with Crippen molar-refractivity contribution in [3.05, 3.63) is 40.6 Å². The molecule has 11 nitrogen and oxygen atoms in total. The lowest BCUT2D eigenvalue weighted by Crippen LogP contribution is -2.58. The maximum absolute atomic E-state index is 13.5. The van der Waals surface area contributed by atoms with Crippen molar-refractivity contribution < 1.29 is 48.9 Å². The molecule has 0 saturated carbocycles. The molecule has 1 aromatic heterocycles. The molecule has 0 bridgehead atoms. The summed E-state index contributed by atoms with van der Waals surface area (Å²) in [6, 6.07) is 7.02.